The molecule has 0 saturated carbocycles. The van der Waals surface area contributed by atoms with Gasteiger partial charge in [-0.15, -0.1) is 0 Å². The number of hydrogen-bond acceptors (Lipinski definition) is 5. The lowest BCUT2D eigenvalue weighted by Gasteiger charge is -2.12. The fraction of sp³-hybridized carbons (Fsp3) is 0.385. The van der Waals surface area contributed by atoms with Crippen LogP contribution in [-0.4, -0.2) is 21.6 Å². The van der Waals surface area contributed by atoms with Crippen LogP contribution in [0.3, 0.4) is 0 Å². The molecule has 3 N–H and O–H groups in total. The molecule has 2 aromatic rings. The maximum atomic E-state index is 11.5. The maximum Gasteiger partial charge on any atom is 0.252 e. The fourth-order valence-electron chi connectivity index (χ4n) is 1.62. The smallest absolute Gasteiger partial charge is 0.252 e. The molecule has 102 valence electrons. The van der Waals surface area contributed by atoms with Gasteiger partial charge in [0.15, 0.2) is 0 Å². The SMILES string of the molecule is CC(C)c1nc(NCC(O)c2ccsc2)cc(=O)[nH]1. The molecule has 0 aliphatic carbocycles. The van der Waals surface area contributed by atoms with Crippen molar-refractivity contribution >= 4 is 17.2 Å². The zero-order chi connectivity index (χ0) is 13.8. The predicted octanol–water partition coefficient (Wildman–Crippen LogP) is 2.10. The molecule has 19 heavy (non-hydrogen) atoms. The highest BCUT2D eigenvalue weighted by molar-refractivity contribution is 7.07. The molecule has 0 saturated heterocycles. The van der Waals surface area contributed by atoms with Crippen LogP contribution >= 0.6 is 11.3 Å². The number of H-pyrrole nitrogens is 1. The van der Waals surface area contributed by atoms with Gasteiger partial charge in [-0.3, -0.25) is 4.79 Å². The summed E-state index contributed by atoms with van der Waals surface area (Å²) in [6.45, 7) is 4.25. The molecule has 1 unspecified atom stereocenters. The van der Waals surface area contributed by atoms with Crippen LogP contribution in [0, 0.1) is 0 Å². The van der Waals surface area contributed by atoms with E-state index in [1.807, 2.05) is 30.7 Å². The van der Waals surface area contributed by atoms with Gasteiger partial charge in [0.25, 0.3) is 5.56 Å². The third kappa shape index (κ3) is 3.65. The lowest BCUT2D eigenvalue weighted by Crippen LogP contribution is -2.17. The molecular formula is C13H17N3O2S. The summed E-state index contributed by atoms with van der Waals surface area (Å²) in [6, 6.07) is 3.27. The molecule has 0 aromatic carbocycles. The Balaban J connectivity index is 2.05. The van der Waals surface area contributed by atoms with Crippen LogP contribution in [0.5, 0.6) is 0 Å². The van der Waals surface area contributed by atoms with E-state index in [0.717, 1.165) is 5.56 Å². The Morgan fingerprint density at radius 3 is 2.95 bits per heavy atom. The Bertz CT molecular complexity index is 578. The summed E-state index contributed by atoms with van der Waals surface area (Å²) in [4.78, 5) is 18.5. The van der Waals surface area contributed by atoms with Crippen molar-refractivity contribution < 1.29 is 5.11 Å². The van der Waals surface area contributed by atoms with Gasteiger partial charge in [0.1, 0.15) is 11.6 Å². The van der Waals surface area contributed by atoms with Crippen LogP contribution in [0.25, 0.3) is 0 Å². The Labute approximate surface area is 115 Å². The monoisotopic (exact) mass is 279 g/mol. The van der Waals surface area contributed by atoms with Gasteiger partial charge >= 0.3 is 0 Å². The van der Waals surface area contributed by atoms with Gasteiger partial charge in [-0.2, -0.15) is 11.3 Å². The van der Waals surface area contributed by atoms with Gasteiger partial charge in [-0.05, 0) is 22.4 Å². The molecule has 0 amide bonds. The standard InChI is InChI=1S/C13H17N3O2S/c1-8(2)13-15-11(5-12(18)16-13)14-6-10(17)9-3-4-19-7-9/h3-5,7-8,10,17H,6H2,1-2H3,(H2,14,15,16,18). The third-order valence-corrected chi connectivity index (χ3v) is 3.41. The Morgan fingerprint density at radius 1 is 1.53 bits per heavy atom. The van der Waals surface area contributed by atoms with E-state index in [1.54, 1.807) is 0 Å². The molecule has 2 heterocycles. The number of rotatable bonds is 5. The first-order valence-corrected chi connectivity index (χ1v) is 7.06. The highest BCUT2D eigenvalue weighted by atomic mass is 32.1. The van der Waals surface area contributed by atoms with Crippen LogP contribution in [0.1, 0.15) is 37.3 Å². The number of aliphatic hydroxyl groups is 1. The van der Waals surface area contributed by atoms with E-state index in [4.69, 9.17) is 0 Å². The summed E-state index contributed by atoms with van der Waals surface area (Å²) in [5.41, 5.74) is 0.678. The van der Waals surface area contributed by atoms with E-state index >= 15 is 0 Å². The number of aromatic amines is 1. The van der Waals surface area contributed by atoms with Crippen molar-refractivity contribution in [1.29, 1.82) is 0 Å². The molecule has 0 radical (unpaired) electrons. The molecule has 0 fully saturated rings. The predicted molar refractivity (Wildman–Crippen MR) is 76.7 cm³/mol. The Hall–Kier alpha value is -1.66. The average molecular weight is 279 g/mol. The number of hydrogen-bond donors (Lipinski definition) is 3. The second-order valence-corrected chi connectivity index (χ2v) is 5.40. The molecule has 0 spiro atoms. The normalized spacial score (nSPS) is 12.6. The van der Waals surface area contributed by atoms with Crippen LogP contribution in [0.15, 0.2) is 27.7 Å². The molecule has 0 aliphatic rings. The van der Waals surface area contributed by atoms with Crippen molar-refractivity contribution in [2.75, 3.05) is 11.9 Å². The van der Waals surface area contributed by atoms with Crippen molar-refractivity contribution in [1.82, 2.24) is 9.97 Å². The first-order chi connectivity index (χ1) is 9.06. The maximum absolute atomic E-state index is 11.5. The molecular weight excluding hydrogens is 262 g/mol. The van der Waals surface area contributed by atoms with Crippen LogP contribution in [0.4, 0.5) is 5.82 Å². The highest BCUT2D eigenvalue weighted by Gasteiger charge is 2.09. The van der Waals surface area contributed by atoms with E-state index in [2.05, 4.69) is 15.3 Å². The summed E-state index contributed by atoms with van der Waals surface area (Å²) in [6.07, 6.45) is -0.602. The number of anilines is 1. The Morgan fingerprint density at radius 2 is 2.32 bits per heavy atom. The van der Waals surface area contributed by atoms with Gasteiger partial charge < -0.3 is 15.4 Å². The minimum atomic E-state index is -0.602. The summed E-state index contributed by atoms with van der Waals surface area (Å²) >= 11 is 1.54. The second-order valence-electron chi connectivity index (χ2n) is 4.62. The van der Waals surface area contributed by atoms with E-state index in [1.165, 1.54) is 17.4 Å². The van der Waals surface area contributed by atoms with E-state index in [0.29, 0.717) is 18.2 Å². The topological polar surface area (TPSA) is 78.0 Å². The van der Waals surface area contributed by atoms with Crippen LogP contribution in [0.2, 0.25) is 0 Å². The fourth-order valence-corrected chi connectivity index (χ4v) is 2.33. The van der Waals surface area contributed by atoms with Gasteiger partial charge in [0.2, 0.25) is 0 Å². The van der Waals surface area contributed by atoms with Gasteiger partial charge in [0.05, 0.1) is 6.10 Å². The average Bonchev–Trinajstić information content (AvgIpc) is 2.89. The molecule has 5 nitrogen and oxygen atoms in total. The van der Waals surface area contributed by atoms with Crippen molar-refractivity contribution in [2.45, 2.75) is 25.9 Å². The molecule has 2 rings (SSSR count). The zero-order valence-corrected chi connectivity index (χ0v) is 11.7. The summed E-state index contributed by atoms with van der Waals surface area (Å²) in [7, 11) is 0. The first kappa shape index (κ1) is 13.8. The van der Waals surface area contributed by atoms with Gasteiger partial charge in [0, 0.05) is 18.5 Å². The number of nitrogens with zero attached hydrogens (tertiary/aromatic N) is 1. The van der Waals surface area contributed by atoms with Crippen LogP contribution in [-0.2, 0) is 0 Å². The quantitative estimate of drug-likeness (QED) is 0.783. The first-order valence-electron chi connectivity index (χ1n) is 6.11. The van der Waals surface area contributed by atoms with Crippen molar-refractivity contribution in [3.63, 3.8) is 0 Å². The minimum absolute atomic E-state index is 0.149. The lowest BCUT2D eigenvalue weighted by atomic mass is 10.2. The zero-order valence-electron chi connectivity index (χ0n) is 10.9. The summed E-state index contributed by atoms with van der Waals surface area (Å²) in [5, 5.41) is 16.8. The molecule has 6 heteroatoms. The highest BCUT2D eigenvalue weighted by Crippen LogP contribution is 2.16. The summed E-state index contributed by atoms with van der Waals surface area (Å²) < 4.78 is 0. The van der Waals surface area contributed by atoms with Crippen molar-refractivity contribution in [2.24, 2.45) is 0 Å². The van der Waals surface area contributed by atoms with Gasteiger partial charge in [-0.25, -0.2) is 4.98 Å². The minimum Gasteiger partial charge on any atom is -0.387 e. The largest absolute Gasteiger partial charge is 0.387 e. The molecule has 1 atom stereocenters. The van der Waals surface area contributed by atoms with Gasteiger partial charge in [-0.1, -0.05) is 13.8 Å². The molecule has 0 bridgehead atoms. The number of thiophene rings is 1. The molecule has 0 aliphatic heterocycles. The number of aliphatic hydroxyl groups excluding tert-OH is 1. The molecule has 2 aromatic heterocycles. The van der Waals surface area contributed by atoms with Crippen molar-refractivity contribution in [3.05, 3.63) is 44.6 Å². The van der Waals surface area contributed by atoms with Crippen molar-refractivity contribution in [3.8, 4) is 0 Å². The number of aromatic nitrogens is 2. The van der Waals surface area contributed by atoms with Crippen LogP contribution < -0.4 is 10.9 Å². The van der Waals surface area contributed by atoms with E-state index in [-0.39, 0.29) is 11.5 Å². The third-order valence-electron chi connectivity index (χ3n) is 2.71. The van der Waals surface area contributed by atoms with E-state index in [9.17, 15) is 9.90 Å². The number of nitrogens with one attached hydrogen (secondary N) is 2. The summed E-state index contributed by atoms with van der Waals surface area (Å²) in [5.74, 6) is 1.28. The van der Waals surface area contributed by atoms with E-state index < -0.39 is 6.10 Å². The lowest BCUT2D eigenvalue weighted by molar-refractivity contribution is 0.192. The Kier molecular flexibility index (Phi) is 4.34. The second kappa shape index (κ2) is 5.99.